The summed E-state index contributed by atoms with van der Waals surface area (Å²) in [6, 6.07) is 0. The molecule has 0 aromatic carbocycles. The Kier molecular flexibility index (Phi) is 7.05. The summed E-state index contributed by atoms with van der Waals surface area (Å²) in [7, 11) is 0. The van der Waals surface area contributed by atoms with Crippen molar-refractivity contribution in [1.29, 1.82) is 0 Å². The van der Waals surface area contributed by atoms with Gasteiger partial charge in [0, 0.05) is 0 Å². The highest BCUT2D eigenvalue weighted by atomic mass is 16.5. The third kappa shape index (κ3) is 9.47. The Morgan fingerprint density at radius 3 is 2.00 bits per heavy atom. The van der Waals surface area contributed by atoms with Gasteiger partial charge in [-0.2, -0.15) is 0 Å². The van der Waals surface area contributed by atoms with Crippen LogP contribution in [0.2, 0.25) is 0 Å². The SMILES string of the molecule is CC(C)(C)OC=O.CC=C1CCNCC1. The van der Waals surface area contributed by atoms with E-state index < -0.39 is 0 Å². The standard InChI is InChI=1S/C7H13N.C5H10O2/c1-2-7-3-5-8-6-4-7;1-5(2,3)7-4-6/h2,8H,3-6H2,1H3;4H,1-3H3. The zero-order valence-electron chi connectivity index (χ0n) is 10.3. The van der Waals surface area contributed by atoms with E-state index >= 15 is 0 Å². The zero-order chi connectivity index (χ0) is 11.7. The molecule has 15 heavy (non-hydrogen) atoms. The highest BCUT2D eigenvalue weighted by Crippen LogP contribution is 2.08. The predicted octanol–water partition coefficient (Wildman–Crippen LogP) is 2.27. The van der Waals surface area contributed by atoms with Gasteiger partial charge in [0.1, 0.15) is 5.60 Å². The molecule has 0 atom stereocenters. The van der Waals surface area contributed by atoms with E-state index in [9.17, 15) is 4.79 Å². The molecule has 0 spiro atoms. The van der Waals surface area contributed by atoms with E-state index in [2.05, 4.69) is 23.1 Å². The van der Waals surface area contributed by atoms with Gasteiger partial charge in [0.25, 0.3) is 6.47 Å². The minimum atomic E-state index is -0.318. The van der Waals surface area contributed by atoms with E-state index in [1.807, 2.05) is 20.8 Å². The van der Waals surface area contributed by atoms with Gasteiger partial charge in [0.05, 0.1) is 0 Å². The first-order chi connectivity index (χ1) is 6.99. The predicted molar refractivity (Wildman–Crippen MR) is 62.8 cm³/mol. The second kappa shape index (κ2) is 7.46. The quantitative estimate of drug-likeness (QED) is 0.536. The summed E-state index contributed by atoms with van der Waals surface area (Å²) in [5.41, 5.74) is 1.30. The Labute approximate surface area is 92.9 Å². The maximum absolute atomic E-state index is 9.60. The van der Waals surface area contributed by atoms with Crippen molar-refractivity contribution in [2.24, 2.45) is 0 Å². The number of rotatable bonds is 1. The smallest absolute Gasteiger partial charge is 0.293 e. The van der Waals surface area contributed by atoms with Gasteiger partial charge in [-0.05, 0) is 53.6 Å². The first kappa shape index (κ1) is 14.2. The average Bonchev–Trinajstić information content (AvgIpc) is 2.18. The van der Waals surface area contributed by atoms with Crippen molar-refractivity contribution in [1.82, 2.24) is 5.32 Å². The van der Waals surface area contributed by atoms with Crippen molar-refractivity contribution in [3.8, 4) is 0 Å². The molecule has 1 fully saturated rings. The molecule has 1 N–H and O–H groups in total. The molecule has 0 radical (unpaired) electrons. The van der Waals surface area contributed by atoms with Gasteiger partial charge in [-0.15, -0.1) is 0 Å². The number of carbonyl (C=O) groups is 1. The molecule has 1 saturated heterocycles. The Hall–Kier alpha value is -0.830. The maximum Gasteiger partial charge on any atom is 0.293 e. The van der Waals surface area contributed by atoms with E-state index in [1.165, 1.54) is 25.9 Å². The number of ether oxygens (including phenoxy) is 1. The first-order valence-corrected chi connectivity index (χ1v) is 5.46. The van der Waals surface area contributed by atoms with E-state index in [0.717, 1.165) is 0 Å². The van der Waals surface area contributed by atoms with Crippen molar-refractivity contribution in [3.05, 3.63) is 11.6 Å². The Balaban J connectivity index is 0.000000265. The van der Waals surface area contributed by atoms with Crippen molar-refractivity contribution >= 4 is 6.47 Å². The molecular weight excluding hydrogens is 190 g/mol. The molecule has 3 nitrogen and oxygen atoms in total. The average molecular weight is 213 g/mol. The molecule has 1 rings (SSSR count). The molecule has 0 saturated carbocycles. The van der Waals surface area contributed by atoms with Crippen LogP contribution in [0.1, 0.15) is 40.5 Å². The topological polar surface area (TPSA) is 38.3 Å². The van der Waals surface area contributed by atoms with Gasteiger partial charge in [-0.3, -0.25) is 4.79 Å². The minimum absolute atomic E-state index is 0.318. The van der Waals surface area contributed by atoms with Gasteiger partial charge in [0.15, 0.2) is 0 Å². The van der Waals surface area contributed by atoms with Crippen LogP contribution in [-0.2, 0) is 9.53 Å². The summed E-state index contributed by atoms with van der Waals surface area (Å²) >= 11 is 0. The third-order valence-corrected chi connectivity index (χ3v) is 2.06. The van der Waals surface area contributed by atoms with Gasteiger partial charge in [0.2, 0.25) is 0 Å². The molecule has 88 valence electrons. The molecule has 0 aromatic heterocycles. The van der Waals surface area contributed by atoms with Gasteiger partial charge in [-0.1, -0.05) is 11.6 Å². The molecular formula is C12H23NO2. The fourth-order valence-electron chi connectivity index (χ4n) is 1.18. The molecule has 0 aliphatic carbocycles. The maximum atomic E-state index is 9.60. The van der Waals surface area contributed by atoms with E-state index in [-0.39, 0.29) is 5.60 Å². The third-order valence-electron chi connectivity index (χ3n) is 2.06. The molecule has 1 aliphatic rings. The van der Waals surface area contributed by atoms with Gasteiger partial charge >= 0.3 is 0 Å². The highest BCUT2D eigenvalue weighted by Gasteiger charge is 2.07. The van der Waals surface area contributed by atoms with Crippen LogP contribution in [0.15, 0.2) is 11.6 Å². The fraction of sp³-hybridized carbons (Fsp3) is 0.750. The number of piperidine rings is 1. The summed E-state index contributed by atoms with van der Waals surface area (Å²) < 4.78 is 4.55. The Morgan fingerprint density at radius 1 is 1.27 bits per heavy atom. The lowest BCUT2D eigenvalue weighted by Crippen LogP contribution is -2.22. The van der Waals surface area contributed by atoms with Crippen LogP contribution in [0.4, 0.5) is 0 Å². The van der Waals surface area contributed by atoms with Crippen LogP contribution < -0.4 is 5.32 Å². The van der Waals surface area contributed by atoms with Crippen LogP contribution in [0, 0.1) is 0 Å². The summed E-state index contributed by atoms with van der Waals surface area (Å²) in [4.78, 5) is 9.60. The van der Waals surface area contributed by atoms with E-state index in [1.54, 1.807) is 5.57 Å². The first-order valence-electron chi connectivity index (χ1n) is 5.46. The molecule has 0 unspecified atom stereocenters. The van der Waals surface area contributed by atoms with E-state index in [4.69, 9.17) is 0 Å². The van der Waals surface area contributed by atoms with Crippen molar-refractivity contribution < 1.29 is 9.53 Å². The highest BCUT2D eigenvalue weighted by molar-refractivity contribution is 5.37. The molecule has 1 aliphatic heterocycles. The van der Waals surface area contributed by atoms with Crippen LogP contribution in [0.5, 0.6) is 0 Å². The second-order valence-electron chi connectivity index (χ2n) is 4.52. The van der Waals surface area contributed by atoms with Crippen molar-refractivity contribution in [3.63, 3.8) is 0 Å². The van der Waals surface area contributed by atoms with Crippen LogP contribution in [-0.4, -0.2) is 25.2 Å². The van der Waals surface area contributed by atoms with Crippen LogP contribution >= 0.6 is 0 Å². The van der Waals surface area contributed by atoms with E-state index in [0.29, 0.717) is 6.47 Å². The molecule has 3 heteroatoms. The van der Waals surface area contributed by atoms with Gasteiger partial charge in [-0.25, -0.2) is 0 Å². The van der Waals surface area contributed by atoms with Crippen molar-refractivity contribution in [2.75, 3.05) is 13.1 Å². The number of allylic oxidation sites excluding steroid dienone is 1. The molecule has 0 aromatic rings. The molecule has 1 heterocycles. The number of hydrogen-bond acceptors (Lipinski definition) is 3. The summed E-state index contributed by atoms with van der Waals surface area (Å²) in [5.74, 6) is 0. The summed E-state index contributed by atoms with van der Waals surface area (Å²) in [6.07, 6.45) is 4.76. The van der Waals surface area contributed by atoms with Gasteiger partial charge < -0.3 is 10.1 Å². The minimum Gasteiger partial charge on any atom is -0.462 e. The zero-order valence-corrected chi connectivity index (χ0v) is 10.3. The molecule has 0 amide bonds. The Bertz CT molecular complexity index is 196. The largest absolute Gasteiger partial charge is 0.462 e. The van der Waals surface area contributed by atoms with Crippen LogP contribution in [0.3, 0.4) is 0 Å². The fourth-order valence-corrected chi connectivity index (χ4v) is 1.18. The number of nitrogens with one attached hydrogen (secondary N) is 1. The lowest BCUT2D eigenvalue weighted by atomic mass is 10.1. The lowest BCUT2D eigenvalue weighted by molar-refractivity contribution is -0.138. The monoisotopic (exact) mass is 213 g/mol. The Morgan fingerprint density at radius 2 is 1.80 bits per heavy atom. The van der Waals surface area contributed by atoms with Crippen LogP contribution in [0.25, 0.3) is 0 Å². The normalized spacial score (nSPS) is 16.1. The number of hydrogen-bond donors (Lipinski definition) is 1. The number of carbonyl (C=O) groups excluding carboxylic acids is 1. The molecule has 0 bridgehead atoms. The summed E-state index contributed by atoms with van der Waals surface area (Å²) in [6.45, 7) is 10.4. The summed E-state index contributed by atoms with van der Waals surface area (Å²) in [5, 5.41) is 3.31. The van der Waals surface area contributed by atoms with Crippen molar-refractivity contribution in [2.45, 2.75) is 46.1 Å². The lowest BCUT2D eigenvalue weighted by Gasteiger charge is -2.14. The second-order valence-corrected chi connectivity index (χ2v) is 4.52.